The summed E-state index contributed by atoms with van der Waals surface area (Å²) in [5.74, 6) is -0.658. The first-order valence-corrected chi connectivity index (χ1v) is 13.7. The third-order valence-electron chi connectivity index (χ3n) is 6.00. The van der Waals surface area contributed by atoms with Crippen LogP contribution in [0.15, 0.2) is 42.5 Å². The van der Waals surface area contributed by atoms with E-state index in [0.29, 0.717) is 23.1 Å². The molecule has 2 aromatic carbocycles. The van der Waals surface area contributed by atoms with E-state index < -0.39 is 35.2 Å². The molecule has 3 amide bonds. The lowest BCUT2D eigenvalue weighted by atomic mass is 9.97. The largest absolute Gasteiger partial charge is 0.508 e. The molecule has 2 aromatic rings. The Balaban J connectivity index is 2.60. The predicted octanol–water partition coefficient (Wildman–Crippen LogP) is 5.13. The van der Waals surface area contributed by atoms with Crippen LogP contribution in [-0.2, 0) is 20.7 Å². The molecule has 220 valence electrons. The number of alkyl carbamates (subject to hydrolysis) is 1. The fourth-order valence-corrected chi connectivity index (χ4v) is 4.17. The smallest absolute Gasteiger partial charge is 0.408 e. The van der Waals surface area contributed by atoms with Gasteiger partial charge in [0.05, 0.1) is 0 Å². The number of aromatic hydroxyl groups is 2. The lowest BCUT2D eigenvalue weighted by Crippen LogP contribution is -2.55. The van der Waals surface area contributed by atoms with Crippen LogP contribution in [0, 0.1) is 6.92 Å². The second-order valence-electron chi connectivity index (χ2n) is 12.1. The monoisotopic (exact) mass is 555 g/mol. The van der Waals surface area contributed by atoms with E-state index in [1.165, 1.54) is 23.1 Å². The highest BCUT2D eigenvalue weighted by Crippen LogP contribution is 2.28. The number of carbonyl (C=O) groups is 3. The first-order chi connectivity index (χ1) is 18.5. The number of amides is 3. The Morgan fingerprint density at radius 2 is 1.60 bits per heavy atom. The van der Waals surface area contributed by atoms with E-state index in [1.54, 1.807) is 52.0 Å². The predicted molar refractivity (Wildman–Crippen MR) is 155 cm³/mol. The number of hydrogen-bond donors (Lipinski definition) is 4. The van der Waals surface area contributed by atoms with Crippen molar-refractivity contribution in [3.63, 3.8) is 0 Å². The van der Waals surface area contributed by atoms with Gasteiger partial charge in [-0.2, -0.15) is 0 Å². The summed E-state index contributed by atoms with van der Waals surface area (Å²) in [6.45, 7) is 14.8. The fourth-order valence-electron chi connectivity index (χ4n) is 4.17. The summed E-state index contributed by atoms with van der Waals surface area (Å²) >= 11 is 0. The maximum Gasteiger partial charge on any atom is 0.408 e. The van der Waals surface area contributed by atoms with Crippen LogP contribution in [0.5, 0.6) is 11.5 Å². The zero-order valence-electron chi connectivity index (χ0n) is 25.0. The number of phenolic OH excluding ortho intramolecular Hbond substituents is 2. The van der Waals surface area contributed by atoms with Gasteiger partial charge in [0.25, 0.3) is 0 Å². The molecule has 0 aliphatic heterocycles. The Hall–Kier alpha value is -3.75. The summed E-state index contributed by atoms with van der Waals surface area (Å²) in [6, 6.07) is 9.15. The Morgan fingerprint density at radius 1 is 0.975 bits per heavy atom. The maximum absolute atomic E-state index is 14.3. The molecule has 0 aliphatic rings. The van der Waals surface area contributed by atoms with Crippen LogP contribution in [0.4, 0.5) is 4.79 Å². The first kappa shape index (κ1) is 32.5. The number of ether oxygens (including phenoxy) is 1. The van der Waals surface area contributed by atoms with Crippen LogP contribution < -0.4 is 10.6 Å². The summed E-state index contributed by atoms with van der Waals surface area (Å²) in [5.41, 5.74) is 0.472. The van der Waals surface area contributed by atoms with E-state index in [1.807, 2.05) is 27.7 Å². The minimum atomic E-state index is -1.06. The van der Waals surface area contributed by atoms with Crippen molar-refractivity contribution in [1.82, 2.24) is 15.5 Å². The van der Waals surface area contributed by atoms with Gasteiger partial charge in [-0.15, -0.1) is 0 Å². The van der Waals surface area contributed by atoms with E-state index >= 15 is 0 Å². The van der Waals surface area contributed by atoms with Crippen LogP contribution in [0.25, 0.3) is 0 Å². The molecule has 4 N–H and O–H groups in total. The Bertz CT molecular complexity index is 1170. The lowest BCUT2D eigenvalue weighted by molar-refractivity contribution is -0.143. The van der Waals surface area contributed by atoms with Gasteiger partial charge in [-0.25, -0.2) is 4.79 Å². The zero-order chi connectivity index (χ0) is 30.3. The van der Waals surface area contributed by atoms with Crippen LogP contribution in [0.1, 0.15) is 84.0 Å². The van der Waals surface area contributed by atoms with Crippen molar-refractivity contribution < 1.29 is 29.3 Å². The van der Waals surface area contributed by atoms with E-state index in [0.717, 1.165) is 6.42 Å². The second-order valence-corrected chi connectivity index (χ2v) is 12.1. The number of nitrogens with one attached hydrogen (secondary N) is 2. The van der Waals surface area contributed by atoms with Gasteiger partial charge in [0.1, 0.15) is 29.2 Å². The summed E-state index contributed by atoms with van der Waals surface area (Å²) < 4.78 is 5.46. The summed E-state index contributed by atoms with van der Waals surface area (Å²) in [5, 5.41) is 25.6. The van der Waals surface area contributed by atoms with Gasteiger partial charge >= 0.3 is 6.09 Å². The number of phenols is 2. The molecule has 9 nitrogen and oxygen atoms in total. The number of aryl methyl sites for hydroxylation is 1. The van der Waals surface area contributed by atoms with Gasteiger partial charge in [-0.3, -0.25) is 9.59 Å². The number of unbranched alkanes of at least 4 members (excludes halogenated alkanes) is 1. The molecule has 0 aromatic heterocycles. The third kappa shape index (κ3) is 10.1. The van der Waals surface area contributed by atoms with Crippen molar-refractivity contribution >= 4 is 17.9 Å². The summed E-state index contributed by atoms with van der Waals surface area (Å²) in [7, 11) is 0. The van der Waals surface area contributed by atoms with Gasteiger partial charge in [0, 0.05) is 18.5 Å². The maximum atomic E-state index is 14.3. The van der Waals surface area contributed by atoms with Crippen molar-refractivity contribution in [2.75, 3.05) is 6.54 Å². The van der Waals surface area contributed by atoms with E-state index in [-0.39, 0.29) is 30.4 Å². The van der Waals surface area contributed by atoms with Crippen LogP contribution in [-0.4, -0.2) is 56.7 Å². The summed E-state index contributed by atoms with van der Waals surface area (Å²) in [4.78, 5) is 42.5. The molecule has 0 radical (unpaired) electrons. The minimum absolute atomic E-state index is 0.0814. The highest BCUT2D eigenvalue weighted by molar-refractivity contribution is 5.92. The van der Waals surface area contributed by atoms with Crippen molar-refractivity contribution in [2.24, 2.45) is 0 Å². The quantitative estimate of drug-likeness (QED) is 0.322. The van der Waals surface area contributed by atoms with E-state index in [2.05, 4.69) is 10.6 Å². The molecule has 0 fully saturated rings. The number of benzene rings is 2. The molecule has 0 saturated heterocycles. The molecule has 2 unspecified atom stereocenters. The van der Waals surface area contributed by atoms with Crippen molar-refractivity contribution in [3.8, 4) is 11.5 Å². The highest BCUT2D eigenvalue weighted by Gasteiger charge is 2.37. The fraction of sp³-hybridized carbons (Fsp3) is 0.516. The van der Waals surface area contributed by atoms with E-state index in [9.17, 15) is 24.6 Å². The lowest BCUT2D eigenvalue weighted by Gasteiger charge is -2.36. The molecule has 2 rings (SSSR count). The van der Waals surface area contributed by atoms with Gasteiger partial charge in [0.2, 0.25) is 11.8 Å². The van der Waals surface area contributed by atoms with Crippen LogP contribution in [0.2, 0.25) is 0 Å². The highest BCUT2D eigenvalue weighted by atomic mass is 16.6. The molecular weight excluding hydrogens is 510 g/mol. The molecule has 0 saturated carbocycles. The second kappa shape index (κ2) is 13.5. The van der Waals surface area contributed by atoms with Gasteiger partial charge in [-0.1, -0.05) is 31.5 Å². The number of hydrogen-bond acceptors (Lipinski definition) is 6. The molecule has 40 heavy (non-hydrogen) atoms. The van der Waals surface area contributed by atoms with Gasteiger partial charge in [0.15, 0.2) is 0 Å². The molecule has 9 heteroatoms. The van der Waals surface area contributed by atoms with E-state index in [4.69, 9.17) is 4.74 Å². The number of rotatable bonds is 10. The minimum Gasteiger partial charge on any atom is -0.508 e. The van der Waals surface area contributed by atoms with Crippen molar-refractivity contribution in [3.05, 3.63) is 59.2 Å². The first-order valence-electron chi connectivity index (χ1n) is 13.7. The molecule has 0 spiro atoms. The molecule has 2 atom stereocenters. The summed E-state index contributed by atoms with van der Waals surface area (Å²) in [6.07, 6.45) is 0.758. The third-order valence-corrected chi connectivity index (χ3v) is 6.00. The topological polar surface area (TPSA) is 128 Å². The molecule has 0 aliphatic carbocycles. The standard InChI is InChI=1S/C31H45N3O6/c1-9-10-17-34(26(27(37)33-30(3,4)5)22-13-16-25(36)20(2)18-22)28(38)24(32-29(39)40-31(6,7)8)19-21-11-14-23(35)15-12-21/h11-16,18,24,26,35-36H,9-10,17,19H2,1-8H3,(H,32,39)(H,33,37). The van der Waals surface area contributed by atoms with Crippen LogP contribution >= 0.6 is 0 Å². The number of nitrogens with zero attached hydrogens (tertiary/aromatic N) is 1. The normalized spacial score (nSPS) is 13.2. The zero-order valence-corrected chi connectivity index (χ0v) is 25.0. The Kier molecular flexibility index (Phi) is 11.0. The van der Waals surface area contributed by atoms with Crippen molar-refractivity contribution in [2.45, 2.75) is 97.9 Å². The van der Waals surface area contributed by atoms with Gasteiger partial charge < -0.3 is 30.5 Å². The molecular formula is C31H45N3O6. The van der Waals surface area contributed by atoms with Crippen molar-refractivity contribution in [1.29, 1.82) is 0 Å². The Labute approximate surface area is 237 Å². The average Bonchev–Trinajstić information content (AvgIpc) is 2.82. The van der Waals surface area contributed by atoms with Crippen LogP contribution in [0.3, 0.4) is 0 Å². The Morgan fingerprint density at radius 3 is 2.12 bits per heavy atom. The molecule has 0 bridgehead atoms. The van der Waals surface area contributed by atoms with Gasteiger partial charge in [-0.05, 0) is 95.8 Å². The number of carbonyl (C=O) groups excluding carboxylic acids is 3. The molecule has 0 heterocycles. The average molecular weight is 556 g/mol. The SMILES string of the molecule is CCCCN(C(=O)C(Cc1ccc(O)cc1)NC(=O)OC(C)(C)C)C(C(=O)NC(C)(C)C)c1ccc(O)c(C)c1.